The molecule has 1 atom stereocenters. The van der Waals surface area contributed by atoms with Crippen molar-refractivity contribution in [2.75, 3.05) is 13.6 Å². The molecule has 0 N–H and O–H groups in total. The summed E-state index contributed by atoms with van der Waals surface area (Å²) in [5, 5.41) is 0. The van der Waals surface area contributed by atoms with Gasteiger partial charge >= 0.3 is 0 Å². The number of rotatable bonds is 7. The number of hydrogen-bond donors (Lipinski definition) is 0. The molecule has 25 heavy (non-hydrogen) atoms. The third-order valence-corrected chi connectivity index (χ3v) is 4.17. The number of aromatic nitrogens is 1. The van der Waals surface area contributed by atoms with Crippen LogP contribution in [0.2, 0.25) is 0 Å². The number of aryl methyl sites for hydroxylation is 3. The number of pyridine rings is 1. The van der Waals surface area contributed by atoms with Crippen LogP contribution in [0.3, 0.4) is 0 Å². The van der Waals surface area contributed by atoms with Gasteiger partial charge in [-0.15, -0.1) is 0 Å². The number of nitrogens with zero attached hydrogens (tertiary/aromatic N) is 3. The molecular weight excluding hydrogens is 310 g/mol. The number of benzene rings is 1. The molecule has 4 nitrogen and oxygen atoms in total. The van der Waals surface area contributed by atoms with Crippen molar-refractivity contribution >= 4 is 12.0 Å². The molecule has 1 aromatic carbocycles. The molecule has 134 valence electrons. The summed E-state index contributed by atoms with van der Waals surface area (Å²) in [5.41, 5.74) is 5.45. The molecule has 0 aliphatic heterocycles. The Morgan fingerprint density at radius 3 is 2.36 bits per heavy atom. The third-order valence-electron chi connectivity index (χ3n) is 4.17. The second-order valence-corrected chi connectivity index (χ2v) is 6.51. The molecule has 0 aliphatic carbocycles. The van der Waals surface area contributed by atoms with E-state index in [1.807, 2.05) is 37.3 Å². The molecule has 0 radical (unpaired) electrons. The zero-order valence-corrected chi connectivity index (χ0v) is 16.2. The van der Waals surface area contributed by atoms with Crippen LogP contribution in [-0.4, -0.2) is 29.8 Å². The lowest BCUT2D eigenvalue weighted by Crippen LogP contribution is -2.14. The van der Waals surface area contributed by atoms with Crippen LogP contribution in [0.25, 0.3) is 0 Å². The molecule has 0 fully saturated rings. The minimum absolute atomic E-state index is 0.00563. The maximum atomic E-state index is 6.17. The average Bonchev–Trinajstić information content (AvgIpc) is 2.57. The Bertz CT molecular complexity index is 720. The first-order valence-electron chi connectivity index (χ1n) is 8.89. The summed E-state index contributed by atoms with van der Waals surface area (Å²) < 4.78 is 6.17. The summed E-state index contributed by atoms with van der Waals surface area (Å²) in [6, 6.07) is 10.4. The number of ether oxygens (including phenoxy) is 1. The second-order valence-electron chi connectivity index (χ2n) is 6.51. The minimum Gasteiger partial charge on any atom is -0.469 e. The smallest absolute Gasteiger partial charge is 0.214 e. The first-order chi connectivity index (χ1) is 11.9. The zero-order chi connectivity index (χ0) is 18.4. The van der Waals surface area contributed by atoms with E-state index in [9.17, 15) is 0 Å². The summed E-state index contributed by atoms with van der Waals surface area (Å²) >= 11 is 0. The van der Waals surface area contributed by atoms with Crippen molar-refractivity contribution in [2.45, 2.75) is 47.1 Å². The van der Waals surface area contributed by atoms with Gasteiger partial charge in [-0.1, -0.05) is 36.2 Å². The summed E-state index contributed by atoms with van der Waals surface area (Å²) in [4.78, 5) is 11.1. The van der Waals surface area contributed by atoms with Gasteiger partial charge in [-0.25, -0.2) is 9.98 Å². The van der Waals surface area contributed by atoms with E-state index in [1.54, 1.807) is 0 Å². The van der Waals surface area contributed by atoms with Gasteiger partial charge < -0.3 is 9.64 Å². The number of hydrogen-bond acceptors (Lipinski definition) is 3. The highest BCUT2D eigenvalue weighted by Crippen LogP contribution is 2.27. The molecule has 1 heterocycles. The Kier molecular flexibility index (Phi) is 6.57. The van der Waals surface area contributed by atoms with Gasteiger partial charge in [-0.3, -0.25) is 0 Å². The van der Waals surface area contributed by atoms with Crippen molar-refractivity contribution in [1.29, 1.82) is 0 Å². The lowest BCUT2D eigenvalue weighted by molar-refractivity contribution is 0.192. The summed E-state index contributed by atoms with van der Waals surface area (Å²) in [5.74, 6) is 0.645. The first kappa shape index (κ1) is 19.0. The largest absolute Gasteiger partial charge is 0.469 e. The first-order valence-corrected chi connectivity index (χ1v) is 8.89. The lowest BCUT2D eigenvalue weighted by Gasteiger charge is -2.19. The van der Waals surface area contributed by atoms with E-state index in [4.69, 9.17) is 4.74 Å². The minimum atomic E-state index is 0.00563. The molecule has 0 aliphatic rings. The van der Waals surface area contributed by atoms with Crippen LogP contribution in [0.15, 0.2) is 35.3 Å². The van der Waals surface area contributed by atoms with E-state index in [-0.39, 0.29) is 6.10 Å². The van der Waals surface area contributed by atoms with Crippen molar-refractivity contribution in [3.8, 4) is 5.88 Å². The SMILES string of the molecule is CCC(Oc1ccc(/N=C/N(C)CC)c(C)n1)c1cc(C)cc(C)c1. The molecule has 0 bridgehead atoms. The van der Waals surface area contributed by atoms with Gasteiger partial charge in [-0.2, -0.15) is 0 Å². The quantitative estimate of drug-likeness (QED) is 0.517. The molecular formula is C21H29N3O. The van der Waals surface area contributed by atoms with Crippen LogP contribution in [-0.2, 0) is 0 Å². The van der Waals surface area contributed by atoms with E-state index in [0.717, 1.165) is 24.3 Å². The molecule has 2 aromatic rings. The summed E-state index contributed by atoms with van der Waals surface area (Å²) in [7, 11) is 2.00. The summed E-state index contributed by atoms with van der Waals surface area (Å²) in [6.45, 7) is 11.3. The van der Waals surface area contributed by atoms with Gasteiger partial charge in [0.05, 0.1) is 17.7 Å². The highest BCUT2D eigenvalue weighted by molar-refractivity contribution is 5.62. The van der Waals surface area contributed by atoms with Crippen molar-refractivity contribution < 1.29 is 4.74 Å². The monoisotopic (exact) mass is 339 g/mol. The highest BCUT2D eigenvalue weighted by atomic mass is 16.5. The third kappa shape index (κ3) is 5.31. The maximum absolute atomic E-state index is 6.17. The van der Waals surface area contributed by atoms with Gasteiger partial charge in [0.15, 0.2) is 0 Å². The van der Waals surface area contributed by atoms with Gasteiger partial charge in [0.2, 0.25) is 5.88 Å². The Labute approximate surface area is 151 Å². The van der Waals surface area contributed by atoms with Crippen molar-refractivity contribution in [3.63, 3.8) is 0 Å². The normalized spacial score (nSPS) is 12.4. The van der Waals surface area contributed by atoms with E-state index in [2.05, 4.69) is 55.9 Å². The lowest BCUT2D eigenvalue weighted by atomic mass is 10.0. The summed E-state index contributed by atoms with van der Waals surface area (Å²) in [6.07, 6.45) is 2.73. The molecule has 1 aromatic heterocycles. The average molecular weight is 339 g/mol. The molecule has 1 unspecified atom stereocenters. The van der Waals surface area contributed by atoms with Crippen LogP contribution in [0.5, 0.6) is 5.88 Å². The van der Waals surface area contributed by atoms with Crippen LogP contribution in [0, 0.1) is 20.8 Å². The van der Waals surface area contributed by atoms with E-state index in [0.29, 0.717) is 5.88 Å². The standard InChI is InChI=1S/C21H29N3O/c1-7-20(18-12-15(3)11-16(4)13-18)25-21-10-9-19(17(5)23-21)22-14-24(6)8-2/h9-14,20H,7-8H2,1-6H3/b22-14+. The van der Waals surface area contributed by atoms with Crippen LogP contribution in [0.4, 0.5) is 5.69 Å². The van der Waals surface area contributed by atoms with E-state index >= 15 is 0 Å². The van der Waals surface area contributed by atoms with Crippen LogP contribution >= 0.6 is 0 Å². The zero-order valence-electron chi connectivity index (χ0n) is 16.2. The molecule has 2 rings (SSSR count). The van der Waals surface area contributed by atoms with Crippen molar-refractivity contribution in [2.24, 2.45) is 4.99 Å². The fourth-order valence-electron chi connectivity index (χ4n) is 2.70. The van der Waals surface area contributed by atoms with E-state index in [1.165, 1.54) is 16.7 Å². The van der Waals surface area contributed by atoms with Gasteiger partial charge in [0.25, 0.3) is 0 Å². The predicted octanol–water partition coefficient (Wildman–Crippen LogP) is 5.15. The Morgan fingerprint density at radius 2 is 1.80 bits per heavy atom. The maximum Gasteiger partial charge on any atom is 0.214 e. The predicted molar refractivity (Wildman–Crippen MR) is 105 cm³/mol. The number of aliphatic imine (C=N–C) groups is 1. The van der Waals surface area contributed by atoms with Crippen LogP contribution < -0.4 is 4.74 Å². The molecule has 0 amide bonds. The molecule has 0 saturated heterocycles. The highest BCUT2D eigenvalue weighted by Gasteiger charge is 2.13. The van der Waals surface area contributed by atoms with E-state index < -0.39 is 0 Å². The second kappa shape index (κ2) is 8.65. The van der Waals surface area contributed by atoms with Gasteiger partial charge in [0, 0.05) is 19.7 Å². The van der Waals surface area contributed by atoms with Crippen LogP contribution in [0.1, 0.15) is 48.8 Å². The topological polar surface area (TPSA) is 37.7 Å². The van der Waals surface area contributed by atoms with Gasteiger partial charge in [-0.05, 0) is 45.7 Å². The Balaban J connectivity index is 2.18. The fraction of sp³-hybridized carbons (Fsp3) is 0.429. The van der Waals surface area contributed by atoms with Gasteiger partial charge in [0.1, 0.15) is 6.10 Å². The molecule has 0 saturated carbocycles. The molecule has 0 spiro atoms. The fourth-order valence-corrected chi connectivity index (χ4v) is 2.70. The van der Waals surface area contributed by atoms with Crippen molar-refractivity contribution in [1.82, 2.24) is 9.88 Å². The molecule has 4 heteroatoms. The Morgan fingerprint density at radius 1 is 1.12 bits per heavy atom. The Hall–Kier alpha value is -2.36. The van der Waals surface area contributed by atoms with Crippen molar-refractivity contribution in [3.05, 3.63) is 52.7 Å².